The number of rotatable bonds is 1. The van der Waals surface area contributed by atoms with E-state index in [2.05, 4.69) is 33.4 Å². The standard InChI is InChI=1S/C10H18BNO2S/c1-10(2,3)7-4-12(9(13)6-15)5-8(11)14-7/h7-8,15H,4-6H2,1-3H3. The van der Waals surface area contributed by atoms with E-state index in [0.29, 0.717) is 13.1 Å². The Kier molecular flexibility index (Phi) is 4.12. The number of hydrogen-bond donors (Lipinski definition) is 1. The van der Waals surface area contributed by atoms with Gasteiger partial charge >= 0.3 is 0 Å². The summed E-state index contributed by atoms with van der Waals surface area (Å²) in [5.74, 6) is 0.246. The zero-order valence-electron chi connectivity index (χ0n) is 9.56. The maximum atomic E-state index is 11.5. The summed E-state index contributed by atoms with van der Waals surface area (Å²) in [5.41, 5.74) is -0.00678. The Morgan fingerprint density at radius 2 is 2.13 bits per heavy atom. The molecule has 3 nitrogen and oxygen atoms in total. The first-order chi connectivity index (χ1) is 6.84. The van der Waals surface area contributed by atoms with Crippen LogP contribution in [0.15, 0.2) is 0 Å². The lowest BCUT2D eigenvalue weighted by Gasteiger charge is -2.42. The van der Waals surface area contributed by atoms with Crippen LogP contribution in [0.25, 0.3) is 0 Å². The van der Waals surface area contributed by atoms with Gasteiger partial charge in [-0.15, -0.1) is 0 Å². The van der Waals surface area contributed by atoms with E-state index in [1.54, 1.807) is 4.90 Å². The minimum Gasteiger partial charge on any atom is -0.381 e. The van der Waals surface area contributed by atoms with Crippen molar-refractivity contribution in [3.8, 4) is 0 Å². The lowest BCUT2D eigenvalue weighted by Crippen LogP contribution is -2.54. The van der Waals surface area contributed by atoms with Gasteiger partial charge in [-0.1, -0.05) is 20.8 Å². The summed E-state index contributed by atoms with van der Waals surface area (Å²) in [6, 6.07) is -0.383. The maximum absolute atomic E-state index is 11.5. The van der Waals surface area contributed by atoms with E-state index in [0.717, 1.165) is 0 Å². The number of thiol groups is 1. The van der Waals surface area contributed by atoms with Crippen molar-refractivity contribution in [3.63, 3.8) is 0 Å². The van der Waals surface area contributed by atoms with Gasteiger partial charge in [-0.2, -0.15) is 12.6 Å². The van der Waals surface area contributed by atoms with Crippen molar-refractivity contribution < 1.29 is 9.53 Å². The molecule has 1 aliphatic heterocycles. The molecule has 2 atom stereocenters. The molecule has 15 heavy (non-hydrogen) atoms. The molecule has 1 amide bonds. The van der Waals surface area contributed by atoms with Crippen molar-refractivity contribution in [2.75, 3.05) is 18.8 Å². The number of hydrogen-bond acceptors (Lipinski definition) is 3. The van der Waals surface area contributed by atoms with Crippen molar-refractivity contribution in [1.82, 2.24) is 4.90 Å². The van der Waals surface area contributed by atoms with E-state index in [1.807, 2.05) is 0 Å². The minimum atomic E-state index is -0.383. The molecule has 1 heterocycles. The smallest absolute Gasteiger partial charge is 0.232 e. The van der Waals surface area contributed by atoms with Gasteiger partial charge in [0.1, 0.15) is 7.85 Å². The number of nitrogens with zero attached hydrogens (tertiary/aromatic N) is 1. The van der Waals surface area contributed by atoms with E-state index in [4.69, 9.17) is 12.6 Å². The fraction of sp³-hybridized carbons (Fsp3) is 0.900. The predicted octanol–water partition coefficient (Wildman–Crippen LogP) is 0.684. The van der Waals surface area contributed by atoms with Gasteiger partial charge < -0.3 is 9.64 Å². The lowest BCUT2D eigenvalue weighted by molar-refractivity contribution is -0.144. The molecule has 0 bridgehead atoms. The normalized spacial score (nSPS) is 27.9. The monoisotopic (exact) mass is 227 g/mol. The van der Waals surface area contributed by atoms with E-state index >= 15 is 0 Å². The molecule has 2 radical (unpaired) electrons. The highest BCUT2D eigenvalue weighted by Gasteiger charge is 2.34. The fourth-order valence-electron chi connectivity index (χ4n) is 1.57. The Morgan fingerprint density at radius 3 is 2.60 bits per heavy atom. The van der Waals surface area contributed by atoms with Crippen molar-refractivity contribution in [2.45, 2.75) is 32.9 Å². The first kappa shape index (κ1) is 12.9. The van der Waals surface area contributed by atoms with Crippen LogP contribution in [0.3, 0.4) is 0 Å². The highest BCUT2D eigenvalue weighted by Crippen LogP contribution is 2.26. The summed E-state index contributed by atoms with van der Waals surface area (Å²) in [5, 5.41) is 0. The second-order valence-electron chi connectivity index (χ2n) is 4.99. The molecular weight excluding hydrogens is 209 g/mol. The first-order valence-electron chi connectivity index (χ1n) is 5.14. The van der Waals surface area contributed by atoms with Crippen LogP contribution in [0.2, 0.25) is 0 Å². The summed E-state index contributed by atoms with van der Waals surface area (Å²) in [4.78, 5) is 13.3. The second kappa shape index (κ2) is 4.79. The Morgan fingerprint density at radius 1 is 1.53 bits per heavy atom. The van der Waals surface area contributed by atoms with Gasteiger partial charge in [0.05, 0.1) is 11.9 Å². The zero-order valence-corrected chi connectivity index (χ0v) is 10.5. The topological polar surface area (TPSA) is 29.5 Å². The van der Waals surface area contributed by atoms with E-state index in [1.165, 1.54) is 0 Å². The molecule has 0 saturated carbocycles. The maximum Gasteiger partial charge on any atom is 0.232 e. The summed E-state index contributed by atoms with van der Waals surface area (Å²) in [7, 11) is 5.76. The number of carbonyl (C=O) groups excluding carboxylic acids is 1. The Bertz CT molecular complexity index is 242. The number of ether oxygens (including phenoxy) is 1. The van der Waals surface area contributed by atoms with Gasteiger partial charge in [0.2, 0.25) is 5.91 Å². The quantitative estimate of drug-likeness (QED) is 0.527. The van der Waals surface area contributed by atoms with Gasteiger partial charge in [-0.05, 0) is 5.41 Å². The Labute approximate surface area is 98.4 Å². The van der Waals surface area contributed by atoms with Crippen molar-refractivity contribution in [1.29, 1.82) is 0 Å². The average Bonchev–Trinajstić information content (AvgIpc) is 2.14. The minimum absolute atomic E-state index is 0.00678. The summed E-state index contributed by atoms with van der Waals surface area (Å²) >= 11 is 3.98. The molecule has 0 N–H and O–H groups in total. The first-order valence-corrected chi connectivity index (χ1v) is 5.77. The van der Waals surface area contributed by atoms with E-state index in [-0.39, 0.29) is 29.2 Å². The highest BCUT2D eigenvalue weighted by atomic mass is 32.1. The van der Waals surface area contributed by atoms with Crippen molar-refractivity contribution in [3.05, 3.63) is 0 Å². The zero-order chi connectivity index (χ0) is 11.6. The molecule has 1 aliphatic rings. The third-order valence-corrected chi connectivity index (χ3v) is 2.85. The highest BCUT2D eigenvalue weighted by molar-refractivity contribution is 7.81. The van der Waals surface area contributed by atoms with E-state index in [9.17, 15) is 4.79 Å². The number of morpholine rings is 1. The largest absolute Gasteiger partial charge is 0.381 e. The lowest BCUT2D eigenvalue weighted by atomic mass is 9.85. The molecule has 1 saturated heterocycles. The molecule has 1 rings (SSSR count). The Hall–Kier alpha value is -0.155. The molecule has 0 spiro atoms. The molecule has 5 heteroatoms. The van der Waals surface area contributed by atoms with Crippen LogP contribution in [0.5, 0.6) is 0 Å². The third-order valence-electron chi connectivity index (χ3n) is 2.58. The van der Waals surface area contributed by atoms with Crippen LogP contribution in [-0.2, 0) is 9.53 Å². The average molecular weight is 227 g/mol. The van der Waals surface area contributed by atoms with Crippen molar-refractivity contribution >= 4 is 26.4 Å². The van der Waals surface area contributed by atoms with Crippen LogP contribution in [0.4, 0.5) is 0 Å². The van der Waals surface area contributed by atoms with Gasteiger partial charge in [0.15, 0.2) is 0 Å². The molecule has 84 valence electrons. The molecule has 0 aromatic rings. The Balaban J connectivity index is 2.68. The van der Waals surface area contributed by atoms with Gasteiger partial charge in [-0.25, -0.2) is 0 Å². The van der Waals surface area contributed by atoms with Crippen LogP contribution in [0, 0.1) is 5.41 Å². The summed E-state index contributed by atoms with van der Waals surface area (Å²) in [6.07, 6.45) is -0.00918. The van der Waals surface area contributed by atoms with Gasteiger partial charge in [-0.3, -0.25) is 4.79 Å². The molecule has 0 aromatic heterocycles. The third kappa shape index (κ3) is 3.42. The summed E-state index contributed by atoms with van der Waals surface area (Å²) < 4.78 is 5.63. The molecule has 0 aromatic carbocycles. The summed E-state index contributed by atoms with van der Waals surface area (Å²) in [6.45, 7) is 7.32. The van der Waals surface area contributed by atoms with Gasteiger partial charge in [0, 0.05) is 19.1 Å². The fourth-order valence-corrected chi connectivity index (χ4v) is 1.77. The number of amides is 1. The second-order valence-corrected chi connectivity index (χ2v) is 5.30. The molecule has 0 aliphatic carbocycles. The SMILES string of the molecule is [B]C1CN(C(=O)CS)CC(C(C)(C)C)O1. The molecular formula is C10H18BNO2S. The number of carbonyl (C=O) groups is 1. The van der Waals surface area contributed by atoms with Crippen LogP contribution < -0.4 is 0 Å². The molecule has 1 fully saturated rings. The van der Waals surface area contributed by atoms with Crippen LogP contribution in [-0.4, -0.2) is 49.6 Å². The predicted molar refractivity (Wildman–Crippen MR) is 64.3 cm³/mol. The van der Waals surface area contributed by atoms with Crippen LogP contribution in [0.1, 0.15) is 20.8 Å². The van der Waals surface area contributed by atoms with E-state index < -0.39 is 0 Å². The van der Waals surface area contributed by atoms with Crippen LogP contribution >= 0.6 is 12.6 Å². The van der Waals surface area contributed by atoms with Gasteiger partial charge in [0.25, 0.3) is 0 Å². The molecule has 2 unspecified atom stereocenters. The van der Waals surface area contributed by atoms with Crippen molar-refractivity contribution in [2.24, 2.45) is 5.41 Å².